The molecule has 0 atom stereocenters. The molecule has 0 saturated carbocycles. The number of benzene rings is 2. The lowest BCUT2D eigenvalue weighted by Gasteiger charge is -2.29. The molecule has 1 aliphatic rings. The maximum Gasteiger partial charge on any atom is 0.261 e. The molecule has 8 heteroatoms. The predicted octanol–water partition coefficient (Wildman–Crippen LogP) is 4.58. The fourth-order valence-electron chi connectivity index (χ4n) is 3.13. The van der Waals surface area contributed by atoms with Crippen molar-refractivity contribution in [3.05, 3.63) is 58.1 Å². The van der Waals surface area contributed by atoms with Gasteiger partial charge in [-0.15, -0.1) is 0 Å². The van der Waals surface area contributed by atoms with Crippen molar-refractivity contribution in [2.45, 2.75) is 0 Å². The molecule has 2 heterocycles. The summed E-state index contributed by atoms with van der Waals surface area (Å²) in [6.45, 7) is 4.44. The molecule has 3 aromatic rings. The largest absolute Gasteiger partial charge is 0.379 e. The van der Waals surface area contributed by atoms with Gasteiger partial charge in [0.1, 0.15) is 0 Å². The second kappa shape index (κ2) is 8.76. The van der Waals surface area contributed by atoms with E-state index in [9.17, 15) is 4.79 Å². The van der Waals surface area contributed by atoms with Crippen LogP contribution in [0.3, 0.4) is 0 Å². The van der Waals surface area contributed by atoms with Gasteiger partial charge in [-0.2, -0.15) is 0 Å². The number of amides is 1. The molecule has 1 aromatic heterocycles. The summed E-state index contributed by atoms with van der Waals surface area (Å²) in [6.07, 6.45) is 0. The first kappa shape index (κ1) is 19.6. The molecule has 0 aliphatic carbocycles. The maximum atomic E-state index is 13.3. The summed E-state index contributed by atoms with van der Waals surface area (Å²) in [5.74, 6) is -0.149. The number of thiazole rings is 1. The molecule has 2 aromatic carbocycles. The minimum Gasteiger partial charge on any atom is -0.379 e. The molecule has 0 spiro atoms. The van der Waals surface area contributed by atoms with Gasteiger partial charge in [0.05, 0.1) is 34.0 Å². The van der Waals surface area contributed by atoms with Crippen LogP contribution in [0, 0.1) is 0 Å². The van der Waals surface area contributed by atoms with E-state index in [0.717, 1.165) is 43.1 Å². The molecule has 146 valence electrons. The minimum absolute atomic E-state index is 0.149. The zero-order chi connectivity index (χ0) is 19.5. The summed E-state index contributed by atoms with van der Waals surface area (Å²) in [4.78, 5) is 22.0. The van der Waals surface area contributed by atoms with Crippen molar-refractivity contribution in [2.24, 2.45) is 0 Å². The zero-order valence-electron chi connectivity index (χ0n) is 15.1. The number of carbonyl (C=O) groups is 1. The molecule has 4 rings (SSSR count). The number of hydrogen-bond acceptors (Lipinski definition) is 5. The van der Waals surface area contributed by atoms with Crippen molar-refractivity contribution in [1.82, 2.24) is 9.88 Å². The quantitative estimate of drug-likeness (QED) is 0.588. The Labute approximate surface area is 177 Å². The molecule has 0 N–H and O–H groups in total. The van der Waals surface area contributed by atoms with Gasteiger partial charge in [-0.1, -0.05) is 46.7 Å². The molecule has 0 radical (unpaired) electrons. The highest BCUT2D eigenvalue weighted by molar-refractivity contribution is 7.22. The number of anilines is 1. The summed E-state index contributed by atoms with van der Waals surface area (Å²) in [5.41, 5.74) is 1.30. The molecule has 0 bridgehead atoms. The number of carbonyl (C=O) groups excluding carboxylic acids is 1. The van der Waals surface area contributed by atoms with E-state index in [1.165, 1.54) is 11.3 Å². The molecule has 1 saturated heterocycles. The summed E-state index contributed by atoms with van der Waals surface area (Å²) in [7, 11) is 0. The lowest BCUT2D eigenvalue weighted by Crippen LogP contribution is -2.43. The van der Waals surface area contributed by atoms with E-state index in [1.807, 2.05) is 24.3 Å². The van der Waals surface area contributed by atoms with Crippen LogP contribution in [0.1, 0.15) is 10.4 Å². The van der Waals surface area contributed by atoms with Crippen molar-refractivity contribution < 1.29 is 9.53 Å². The van der Waals surface area contributed by atoms with Crippen LogP contribution in [0.15, 0.2) is 42.5 Å². The first-order valence-electron chi connectivity index (χ1n) is 9.04. The van der Waals surface area contributed by atoms with Gasteiger partial charge in [-0.25, -0.2) is 4.98 Å². The van der Waals surface area contributed by atoms with Gasteiger partial charge in [0.25, 0.3) is 5.91 Å². The fraction of sp³-hybridized carbons (Fsp3) is 0.300. The van der Waals surface area contributed by atoms with Gasteiger partial charge in [0, 0.05) is 31.2 Å². The number of aromatic nitrogens is 1. The Balaban J connectivity index is 1.65. The molecule has 28 heavy (non-hydrogen) atoms. The van der Waals surface area contributed by atoms with E-state index in [1.54, 1.807) is 23.1 Å². The van der Waals surface area contributed by atoms with Crippen LogP contribution >= 0.6 is 34.5 Å². The topological polar surface area (TPSA) is 45.7 Å². The number of hydrogen-bond donors (Lipinski definition) is 0. The molecule has 5 nitrogen and oxygen atoms in total. The van der Waals surface area contributed by atoms with E-state index in [2.05, 4.69) is 9.88 Å². The standard InChI is InChI=1S/C20H19Cl2N3O2S/c21-14-5-6-17-18(13-14)28-20(23-17)25(8-7-24-9-11-27-12-10-24)19(26)15-3-1-2-4-16(15)22/h1-6,13H,7-12H2. The zero-order valence-corrected chi connectivity index (χ0v) is 17.4. The predicted molar refractivity (Wildman–Crippen MR) is 115 cm³/mol. The van der Waals surface area contributed by atoms with Crippen molar-refractivity contribution in [3.63, 3.8) is 0 Å². The second-order valence-electron chi connectivity index (χ2n) is 6.50. The highest BCUT2D eigenvalue weighted by Gasteiger charge is 2.24. The molecule has 0 unspecified atom stereocenters. The Morgan fingerprint density at radius 1 is 1.18 bits per heavy atom. The van der Waals surface area contributed by atoms with E-state index in [-0.39, 0.29) is 5.91 Å². The fourth-order valence-corrected chi connectivity index (χ4v) is 4.61. The molecular formula is C20H19Cl2N3O2S. The third-order valence-corrected chi connectivity index (χ3v) is 6.27. The normalized spacial score (nSPS) is 15.1. The molecule has 1 amide bonds. The van der Waals surface area contributed by atoms with Gasteiger partial charge in [-0.05, 0) is 30.3 Å². The van der Waals surface area contributed by atoms with Crippen LogP contribution in [0.5, 0.6) is 0 Å². The summed E-state index contributed by atoms with van der Waals surface area (Å²) in [6, 6.07) is 12.7. The van der Waals surface area contributed by atoms with Crippen molar-refractivity contribution in [3.8, 4) is 0 Å². The molecular weight excluding hydrogens is 417 g/mol. The number of rotatable bonds is 5. The van der Waals surface area contributed by atoms with Crippen LogP contribution in [0.2, 0.25) is 10.0 Å². The van der Waals surface area contributed by atoms with Gasteiger partial charge in [-0.3, -0.25) is 14.6 Å². The summed E-state index contributed by atoms with van der Waals surface area (Å²) in [5, 5.41) is 1.74. The smallest absolute Gasteiger partial charge is 0.261 e. The lowest BCUT2D eigenvalue weighted by molar-refractivity contribution is 0.0391. The maximum absolute atomic E-state index is 13.3. The molecule has 1 aliphatic heterocycles. The summed E-state index contributed by atoms with van der Waals surface area (Å²) < 4.78 is 6.36. The van der Waals surface area contributed by atoms with Crippen molar-refractivity contribution >= 4 is 55.8 Å². The van der Waals surface area contributed by atoms with Crippen LogP contribution < -0.4 is 4.90 Å². The number of fused-ring (bicyclic) bond motifs is 1. The number of morpholine rings is 1. The van der Waals surface area contributed by atoms with E-state index >= 15 is 0 Å². The van der Waals surface area contributed by atoms with Crippen LogP contribution in [-0.2, 0) is 4.74 Å². The Morgan fingerprint density at radius 2 is 1.96 bits per heavy atom. The number of ether oxygens (including phenoxy) is 1. The van der Waals surface area contributed by atoms with E-state index in [0.29, 0.717) is 27.3 Å². The SMILES string of the molecule is O=C(c1ccccc1Cl)N(CCN1CCOCC1)c1nc2ccc(Cl)cc2s1. The number of halogens is 2. The first-order chi connectivity index (χ1) is 13.6. The first-order valence-corrected chi connectivity index (χ1v) is 10.6. The lowest BCUT2D eigenvalue weighted by atomic mass is 10.2. The van der Waals surface area contributed by atoms with Crippen LogP contribution in [0.4, 0.5) is 5.13 Å². The third kappa shape index (κ3) is 4.31. The Kier molecular flexibility index (Phi) is 6.13. The average Bonchev–Trinajstić information content (AvgIpc) is 3.12. The Morgan fingerprint density at radius 3 is 2.75 bits per heavy atom. The van der Waals surface area contributed by atoms with Gasteiger partial charge in [0.15, 0.2) is 5.13 Å². The van der Waals surface area contributed by atoms with Crippen molar-refractivity contribution in [2.75, 3.05) is 44.3 Å². The average molecular weight is 436 g/mol. The highest BCUT2D eigenvalue weighted by Crippen LogP contribution is 2.32. The van der Waals surface area contributed by atoms with Crippen LogP contribution in [0.25, 0.3) is 10.2 Å². The Hall–Kier alpha value is -1.70. The second-order valence-corrected chi connectivity index (χ2v) is 8.35. The number of nitrogens with zero attached hydrogens (tertiary/aromatic N) is 3. The van der Waals surface area contributed by atoms with E-state index < -0.39 is 0 Å². The van der Waals surface area contributed by atoms with Gasteiger partial charge in [0.2, 0.25) is 0 Å². The highest BCUT2D eigenvalue weighted by atomic mass is 35.5. The van der Waals surface area contributed by atoms with Crippen LogP contribution in [-0.4, -0.2) is 55.2 Å². The third-order valence-electron chi connectivity index (χ3n) is 4.66. The molecule has 1 fully saturated rings. The monoisotopic (exact) mass is 435 g/mol. The minimum atomic E-state index is -0.149. The Bertz CT molecular complexity index is 988. The van der Waals surface area contributed by atoms with E-state index in [4.69, 9.17) is 27.9 Å². The van der Waals surface area contributed by atoms with Gasteiger partial charge < -0.3 is 4.74 Å². The summed E-state index contributed by atoms with van der Waals surface area (Å²) >= 11 is 13.9. The van der Waals surface area contributed by atoms with Crippen molar-refractivity contribution in [1.29, 1.82) is 0 Å². The van der Waals surface area contributed by atoms with Gasteiger partial charge >= 0.3 is 0 Å².